The van der Waals surface area contributed by atoms with Crippen molar-refractivity contribution in [1.29, 1.82) is 0 Å². The first-order valence-corrected chi connectivity index (χ1v) is 5.70. The SMILES string of the molecule is CN1CC(NS(=O)(=O)N(C)C)CC1=O. The standard InChI is InChI=1S/C7H15N3O3S/c1-9(2)14(12,13)8-6-4-7(11)10(3)5-6/h6,8H,4-5H2,1-3H3. The van der Waals surface area contributed by atoms with Crippen molar-refractivity contribution in [2.24, 2.45) is 0 Å². The van der Waals surface area contributed by atoms with Crippen LogP contribution in [0.25, 0.3) is 0 Å². The summed E-state index contributed by atoms with van der Waals surface area (Å²) in [5.41, 5.74) is 0. The van der Waals surface area contributed by atoms with Crippen molar-refractivity contribution in [3.63, 3.8) is 0 Å². The highest BCUT2D eigenvalue weighted by Crippen LogP contribution is 2.09. The zero-order valence-electron chi connectivity index (χ0n) is 8.52. The lowest BCUT2D eigenvalue weighted by atomic mass is 10.3. The van der Waals surface area contributed by atoms with Gasteiger partial charge in [0.25, 0.3) is 10.2 Å². The molecule has 0 aromatic carbocycles. The second-order valence-electron chi connectivity index (χ2n) is 3.58. The van der Waals surface area contributed by atoms with Crippen molar-refractivity contribution in [2.45, 2.75) is 12.5 Å². The smallest absolute Gasteiger partial charge is 0.279 e. The summed E-state index contributed by atoms with van der Waals surface area (Å²) in [7, 11) is 1.13. The van der Waals surface area contributed by atoms with Crippen LogP contribution in [0.15, 0.2) is 0 Å². The average molecular weight is 221 g/mol. The molecular formula is C7H15N3O3S. The van der Waals surface area contributed by atoms with Crippen molar-refractivity contribution in [1.82, 2.24) is 13.9 Å². The van der Waals surface area contributed by atoms with Crippen LogP contribution in [-0.4, -0.2) is 57.3 Å². The highest BCUT2D eigenvalue weighted by molar-refractivity contribution is 7.87. The molecule has 1 N–H and O–H groups in total. The van der Waals surface area contributed by atoms with Gasteiger partial charge in [0.05, 0.1) is 0 Å². The highest BCUT2D eigenvalue weighted by Gasteiger charge is 2.30. The van der Waals surface area contributed by atoms with E-state index >= 15 is 0 Å². The van der Waals surface area contributed by atoms with E-state index in [0.717, 1.165) is 4.31 Å². The normalized spacial score (nSPS) is 23.6. The van der Waals surface area contributed by atoms with Gasteiger partial charge >= 0.3 is 0 Å². The lowest BCUT2D eigenvalue weighted by Crippen LogP contribution is -2.43. The number of hydrogen-bond acceptors (Lipinski definition) is 3. The maximum Gasteiger partial charge on any atom is 0.279 e. The third-order valence-electron chi connectivity index (χ3n) is 2.14. The molecule has 1 saturated heterocycles. The molecule has 0 aliphatic carbocycles. The van der Waals surface area contributed by atoms with Gasteiger partial charge < -0.3 is 4.90 Å². The van der Waals surface area contributed by atoms with Crippen molar-refractivity contribution in [3.05, 3.63) is 0 Å². The molecule has 1 aliphatic rings. The summed E-state index contributed by atoms with van der Waals surface area (Å²) >= 11 is 0. The Morgan fingerprint density at radius 1 is 1.50 bits per heavy atom. The van der Waals surface area contributed by atoms with Crippen LogP contribution in [0, 0.1) is 0 Å². The average Bonchev–Trinajstić information content (AvgIpc) is 2.29. The largest absolute Gasteiger partial charge is 0.344 e. The summed E-state index contributed by atoms with van der Waals surface area (Å²) < 4.78 is 26.3. The zero-order chi connectivity index (χ0) is 10.9. The molecule has 1 heterocycles. The van der Waals surface area contributed by atoms with Crippen molar-refractivity contribution < 1.29 is 13.2 Å². The van der Waals surface area contributed by atoms with E-state index in [9.17, 15) is 13.2 Å². The molecule has 1 amide bonds. The zero-order valence-corrected chi connectivity index (χ0v) is 9.34. The van der Waals surface area contributed by atoms with Gasteiger partial charge in [-0.05, 0) is 0 Å². The van der Waals surface area contributed by atoms with Crippen molar-refractivity contribution >= 4 is 16.1 Å². The molecule has 1 aliphatic heterocycles. The first-order valence-electron chi connectivity index (χ1n) is 4.26. The molecule has 7 heteroatoms. The Morgan fingerprint density at radius 2 is 2.07 bits per heavy atom. The number of hydrogen-bond donors (Lipinski definition) is 1. The quantitative estimate of drug-likeness (QED) is 0.638. The number of carbonyl (C=O) groups excluding carboxylic acids is 1. The number of rotatable bonds is 3. The fourth-order valence-electron chi connectivity index (χ4n) is 1.26. The fourth-order valence-corrected chi connectivity index (χ4v) is 2.05. The van der Waals surface area contributed by atoms with Gasteiger partial charge in [-0.3, -0.25) is 4.79 Å². The number of amides is 1. The number of likely N-dealkylation sites (N-methyl/N-ethyl adjacent to an activating group) is 1. The summed E-state index contributed by atoms with van der Waals surface area (Å²) in [5, 5.41) is 0. The van der Waals surface area contributed by atoms with Crippen LogP contribution in [0.1, 0.15) is 6.42 Å². The lowest BCUT2D eigenvalue weighted by Gasteiger charge is -2.16. The van der Waals surface area contributed by atoms with Gasteiger partial charge in [0, 0.05) is 40.2 Å². The molecule has 0 spiro atoms. The second kappa shape index (κ2) is 3.84. The minimum atomic E-state index is -3.42. The van der Waals surface area contributed by atoms with Gasteiger partial charge in [-0.15, -0.1) is 0 Å². The van der Waals surface area contributed by atoms with Gasteiger partial charge in [0.2, 0.25) is 5.91 Å². The summed E-state index contributed by atoms with van der Waals surface area (Å²) in [5.74, 6) is -0.0311. The summed E-state index contributed by atoms with van der Waals surface area (Å²) in [6.07, 6.45) is 0.240. The predicted molar refractivity (Wildman–Crippen MR) is 51.8 cm³/mol. The first kappa shape index (κ1) is 11.4. The molecular weight excluding hydrogens is 206 g/mol. The van der Waals surface area contributed by atoms with Gasteiger partial charge in [0.1, 0.15) is 0 Å². The Kier molecular flexibility index (Phi) is 3.13. The third-order valence-corrected chi connectivity index (χ3v) is 3.73. The Labute approximate surface area is 84.1 Å². The number of nitrogens with zero attached hydrogens (tertiary/aromatic N) is 2. The van der Waals surface area contributed by atoms with E-state index in [4.69, 9.17) is 0 Å². The van der Waals surface area contributed by atoms with Crippen LogP contribution in [0.4, 0.5) is 0 Å². The van der Waals surface area contributed by atoms with E-state index in [0.29, 0.717) is 6.54 Å². The van der Waals surface area contributed by atoms with Crippen LogP contribution in [0.3, 0.4) is 0 Å². The molecule has 0 aromatic heterocycles. The Bertz CT molecular complexity index is 325. The molecule has 0 bridgehead atoms. The Hall–Kier alpha value is -0.660. The monoisotopic (exact) mass is 221 g/mol. The van der Waals surface area contributed by atoms with E-state index in [1.165, 1.54) is 19.0 Å². The molecule has 0 aromatic rings. The van der Waals surface area contributed by atoms with Crippen molar-refractivity contribution in [2.75, 3.05) is 27.7 Å². The third kappa shape index (κ3) is 2.43. The van der Waals surface area contributed by atoms with Crippen LogP contribution in [0.5, 0.6) is 0 Å². The molecule has 1 rings (SSSR count). The summed E-state index contributed by atoms with van der Waals surface area (Å²) in [6.45, 7) is 0.436. The summed E-state index contributed by atoms with van der Waals surface area (Å²) in [4.78, 5) is 12.6. The van der Waals surface area contributed by atoms with Crippen LogP contribution in [0.2, 0.25) is 0 Å². The molecule has 0 radical (unpaired) electrons. The molecule has 1 fully saturated rings. The molecule has 14 heavy (non-hydrogen) atoms. The van der Waals surface area contributed by atoms with Gasteiger partial charge in [-0.1, -0.05) is 0 Å². The maximum atomic E-state index is 11.4. The molecule has 1 unspecified atom stereocenters. The minimum Gasteiger partial charge on any atom is -0.344 e. The van der Waals surface area contributed by atoms with E-state index in [1.54, 1.807) is 7.05 Å². The second-order valence-corrected chi connectivity index (χ2v) is 5.50. The molecule has 0 saturated carbocycles. The number of carbonyl (C=O) groups is 1. The van der Waals surface area contributed by atoms with E-state index in [2.05, 4.69) is 4.72 Å². The predicted octanol–water partition coefficient (Wildman–Crippen LogP) is -1.39. The fraction of sp³-hybridized carbons (Fsp3) is 0.857. The first-order chi connectivity index (χ1) is 6.33. The molecule has 82 valence electrons. The van der Waals surface area contributed by atoms with Gasteiger partial charge in [0.15, 0.2) is 0 Å². The summed E-state index contributed by atoms with van der Waals surface area (Å²) in [6, 6.07) is -0.306. The van der Waals surface area contributed by atoms with Gasteiger partial charge in [-0.25, -0.2) is 0 Å². The Morgan fingerprint density at radius 3 is 2.43 bits per heavy atom. The highest BCUT2D eigenvalue weighted by atomic mass is 32.2. The van der Waals surface area contributed by atoms with E-state index < -0.39 is 10.2 Å². The van der Waals surface area contributed by atoms with Crippen molar-refractivity contribution in [3.8, 4) is 0 Å². The minimum absolute atomic E-state index is 0.0311. The topological polar surface area (TPSA) is 69.7 Å². The van der Waals surface area contributed by atoms with Gasteiger partial charge in [-0.2, -0.15) is 17.4 Å². The molecule has 6 nitrogen and oxygen atoms in total. The van der Waals surface area contributed by atoms with Crippen LogP contribution in [-0.2, 0) is 15.0 Å². The maximum absolute atomic E-state index is 11.4. The van der Waals surface area contributed by atoms with Crippen LogP contribution < -0.4 is 4.72 Å². The lowest BCUT2D eigenvalue weighted by molar-refractivity contribution is -0.126. The Balaban J connectivity index is 2.60. The molecule has 1 atom stereocenters. The van der Waals surface area contributed by atoms with E-state index in [1.807, 2.05) is 0 Å². The van der Waals surface area contributed by atoms with E-state index in [-0.39, 0.29) is 18.4 Å². The number of likely N-dealkylation sites (tertiary alicyclic amines) is 1. The number of nitrogens with one attached hydrogen (secondary N) is 1. The van der Waals surface area contributed by atoms with Crippen LogP contribution >= 0.6 is 0 Å².